The summed E-state index contributed by atoms with van der Waals surface area (Å²) in [6.45, 7) is -0.795. The molecule has 0 saturated carbocycles. The van der Waals surface area contributed by atoms with Crippen LogP contribution in [0.25, 0.3) is 0 Å². The molecule has 0 aliphatic rings. The number of nitro groups is 1. The molecule has 1 aromatic carbocycles. The van der Waals surface area contributed by atoms with Gasteiger partial charge in [0.05, 0.1) is 9.95 Å². The van der Waals surface area contributed by atoms with Crippen LogP contribution in [0.3, 0.4) is 0 Å². The highest BCUT2D eigenvalue weighted by Gasteiger charge is 2.17. The van der Waals surface area contributed by atoms with Gasteiger partial charge in [0.15, 0.2) is 0 Å². The molecule has 0 aliphatic carbocycles. The summed E-state index contributed by atoms with van der Waals surface area (Å²) in [5.41, 5.74) is -0.166. The van der Waals surface area contributed by atoms with Crippen LogP contribution in [0.5, 0.6) is 0 Å². The van der Waals surface area contributed by atoms with E-state index < -0.39 is 11.6 Å². The van der Waals surface area contributed by atoms with Gasteiger partial charge in [-0.05, 0) is 6.07 Å². The highest BCUT2D eigenvalue weighted by molar-refractivity contribution is 6.43. The van der Waals surface area contributed by atoms with E-state index >= 15 is 0 Å². The molecule has 0 aliphatic heterocycles. The molecule has 0 unspecified atom stereocenters. The summed E-state index contributed by atoms with van der Waals surface area (Å²) in [7, 11) is 0. The van der Waals surface area contributed by atoms with Crippen LogP contribution in [-0.4, -0.2) is 4.92 Å². The monoisotopic (exact) mass is 223 g/mol. The molecule has 0 fully saturated rings. The van der Waals surface area contributed by atoms with Crippen molar-refractivity contribution in [2.75, 3.05) is 0 Å². The molecule has 3 nitrogen and oxygen atoms in total. The molecule has 0 spiro atoms. The Labute approximate surface area is 83.2 Å². The Balaban J connectivity index is 3.31. The lowest BCUT2D eigenvalue weighted by Gasteiger charge is -2.01. The Morgan fingerprint density at radius 1 is 1.38 bits per heavy atom. The fraction of sp³-hybridized carbons (Fsp3) is 0.143. The van der Waals surface area contributed by atoms with Crippen LogP contribution in [0, 0.1) is 10.1 Å². The van der Waals surface area contributed by atoms with E-state index in [1.807, 2.05) is 0 Å². The van der Waals surface area contributed by atoms with E-state index in [2.05, 4.69) is 0 Å². The number of benzene rings is 1. The molecule has 0 N–H and O–H groups in total. The van der Waals surface area contributed by atoms with Crippen molar-refractivity contribution in [3.05, 3.63) is 37.9 Å². The number of rotatable bonds is 2. The van der Waals surface area contributed by atoms with Crippen LogP contribution in [-0.2, 0) is 6.67 Å². The SMILES string of the molecule is O=[N+]([O-])c1ccc(CF)c(Cl)c1Cl. The zero-order valence-electron chi connectivity index (χ0n) is 6.26. The Bertz CT molecular complexity index is 357. The Morgan fingerprint density at radius 2 is 2.00 bits per heavy atom. The van der Waals surface area contributed by atoms with E-state index in [0.717, 1.165) is 6.07 Å². The van der Waals surface area contributed by atoms with Crippen LogP contribution < -0.4 is 0 Å². The van der Waals surface area contributed by atoms with Crippen LogP contribution in [0.2, 0.25) is 10.0 Å². The number of alkyl halides is 1. The molecule has 0 aromatic heterocycles. The van der Waals surface area contributed by atoms with Crippen molar-refractivity contribution in [2.45, 2.75) is 6.67 Å². The zero-order chi connectivity index (χ0) is 10.0. The predicted molar refractivity (Wildman–Crippen MR) is 47.9 cm³/mol. The number of hydrogen-bond donors (Lipinski definition) is 0. The minimum Gasteiger partial charge on any atom is -0.258 e. The molecule has 70 valence electrons. The van der Waals surface area contributed by atoms with E-state index in [9.17, 15) is 14.5 Å². The summed E-state index contributed by atoms with van der Waals surface area (Å²) >= 11 is 11.1. The second-order valence-electron chi connectivity index (χ2n) is 2.26. The summed E-state index contributed by atoms with van der Waals surface area (Å²) in [4.78, 5) is 9.67. The van der Waals surface area contributed by atoms with Crippen molar-refractivity contribution in [3.8, 4) is 0 Å². The van der Waals surface area contributed by atoms with Gasteiger partial charge >= 0.3 is 0 Å². The minimum atomic E-state index is -0.795. The fourth-order valence-electron chi connectivity index (χ4n) is 0.823. The van der Waals surface area contributed by atoms with Gasteiger partial charge in [-0.15, -0.1) is 0 Å². The van der Waals surface area contributed by atoms with Crippen LogP contribution in [0.4, 0.5) is 10.1 Å². The molecule has 0 bridgehead atoms. The molecular formula is C7H4Cl2FNO2. The molecule has 6 heteroatoms. The first-order valence-corrected chi connectivity index (χ1v) is 4.00. The first-order valence-electron chi connectivity index (χ1n) is 3.25. The average Bonchev–Trinajstić information content (AvgIpc) is 2.09. The smallest absolute Gasteiger partial charge is 0.258 e. The van der Waals surface area contributed by atoms with Gasteiger partial charge in [-0.3, -0.25) is 10.1 Å². The maximum atomic E-state index is 12.2. The third kappa shape index (κ3) is 1.89. The summed E-state index contributed by atoms with van der Waals surface area (Å²) in [5, 5.41) is 10.0. The third-order valence-electron chi connectivity index (χ3n) is 1.48. The van der Waals surface area contributed by atoms with Crippen molar-refractivity contribution in [3.63, 3.8) is 0 Å². The second-order valence-corrected chi connectivity index (χ2v) is 3.02. The topological polar surface area (TPSA) is 43.1 Å². The first kappa shape index (κ1) is 10.2. The molecule has 13 heavy (non-hydrogen) atoms. The molecule has 1 rings (SSSR count). The van der Waals surface area contributed by atoms with Crippen molar-refractivity contribution in [1.29, 1.82) is 0 Å². The van der Waals surface area contributed by atoms with Gasteiger partial charge in [0, 0.05) is 11.6 Å². The molecule has 0 saturated heterocycles. The number of nitrogens with zero attached hydrogens (tertiary/aromatic N) is 1. The molecule has 1 aromatic rings. The Morgan fingerprint density at radius 3 is 2.46 bits per heavy atom. The highest BCUT2D eigenvalue weighted by atomic mass is 35.5. The summed E-state index contributed by atoms with van der Waals surface area (Å²) in [5.74, 6) is 0. The van der Waals surface area contributed by atoms with Gasteiger partial charge in [-0.2, -0.15) is 0 Å². The fourth-order valence-corrected chi connectivity index (χ4v) is 1.29. The summed E-state index contributed by atoms with van der Waals surface area (Å²) in [6, 6.07) is 2.37. The van der Waals surface area contributed by atoms with Gasteiger partial charge in [0.1, 0.15) is 11.7 Å². The van der Waals surface area contributed by atoms with E-state index in [4.69, 9.17) is 23.2 Å². The lowest BCUT2D eigenvalue weighted by Crippen LogP contribution is -1.91. The molecular weight excluding hydrogens is 220 g/mol. The van der Waals surface area contributed by atoms with Gasteiger partial charge in [0.2, 0.25) is 0 Å². The van der Waals surface area contributed by atoms with E-state index in [1.54, 1.807) is 0 Å². The van der Waals surface area contributed by atoms with Crippen molar-refractivity contribution in [2.24, 2.45) is 0 Å². The number of hydrogen-bond acceptors (Lipinski definition) is 2. The highest BCUT2D eigenvalue weighted by Crippen LogP contribution is 2.34. The van der Waals surface area contributed by atoms with E-state index in [0.29, 0.717) is 0 Å². The Kier molecular flexibility index (Phi) is 3.06. The maximum Gasteiger partial charge on any atom is 0.289 e. The van der Waals surface area contributed by atoms with Gasteiger partial charge in [-0.1, -0.05) is 23.2 Å². The largest absolute Gasteiger partial charge is 0.289 e. The third-order valence-corrected chi connectivity index (χ3v) is 2.39. The van der Waals surface area contributed by atoms with Crippen LogP contribution in [0.15, 0.2) is 12.1 Å². The van der Waals surface area contributed by atoms with Crippen molar-refractivity contribution < 1.29 is 9.31 Å². The predicted octanol–water partition coefficient (Wildman–Crippen LogP) is 3.37. The molecule has 0 atom stereocenters. The number of nitro benzene ring substituents is 1. The zero-order valence-corrected chi connectivity index (χ0v) is 7.77. The van der Waals surface area contributed by atoms with Gasteiger partial charge < -0.3 is 0 Å². The normalized spacial score (nSPS) is 10.1. The lowest BCUT2D eigenvalue weighted by atomic mass is 10.2. The minimum absolute atomic E-state index is 0.0987. The quantitative estimate of drug-likeness (QED) is 0.570. The second kappa shape index (κ2) is 3.89. The van der Waals surface area contributed by atoms with Gasteiger partial charge in [0.25, 0.3) is 5.69 Å². The van der Waals surface area contributed by atoms with Crippen LogP contribution >= 0.6 is 23.2 Å². The molecule has 0 heterocycles. The maximum absolute atomic E-state index is 12.2. The van der Waals surface area contributed by atoms with E-state index in [1.165, 1.54) is 6.07 Å². The first-order chi connectivity index (χ1) is 6.07. The van der Waals surface area contributed by atoms with E-state index in [-0.39, 0.29) is 21.3 Å². The summed E-state index contributed by atoms with van der Waals surface area (Å²) < 4.78 is 12.2. The molecule has 0 radical (unpaired) electrons. The lowest BCUT2D eigenvalue weighted by molar-refractivity contribution is -0.384. The van der Waals surface area contributed by atoms with Crippen molar-refractivity contribution in [1.82, 2.24) is 0 Å². The van der Waals surface area contributed by atoms with Crippen molar-refractivity contribution >= 4 is 28.9 Å². The van der Waals surface area contributed by atoms with Gasteiger partial charge in [-0.25, -0.2) is 4.39 Å². The van der Waals surface area contributed by atoms with Crippen LogP contribution in [0.1, 0.15) is 5.56 Å². The number of halogens is 3. The molecule has 0 amide bonds. The summed E-state index contributed by atoms with van der Waals surface area (Å²) in [6.07, 6.45) is 0. The Hall–Kier alpha value is -0.870. The standard InChI is InChI=1S/C7H4Cl2FNO2/c8-6-4(3-10)1-2-5(7(6)9)11(12)13/h1-2H,3H2. The average molecular weight is 224 g/mol.